The number of imide groups is 1. The van der Waals surface area contributed by atoms with Crippen molar-refractivity contribution in [2.75, 3.05) is 13.1 Å². The maximum Gasteiger partial charge on any atom is 0.407 e. The van der Waals surface area contributed by atoms with E-state index >= 15 is 0 Å². The van der Waals surface area contributed by atoms with Crippen molar-refractivity contribution < 1.29 is 23.9 Å². The van der Waals surface area contributed by atoms with Crippen LogP contribution < -0.4 is 10.6 Å². The third-order valence-corrected chi connectivity index (χ3v) is 5.51. The van der Waals surface area contributed by atoms with Crippen molar-refractivity contribution in [1.82, 2.24) is 20.4 Å². The van der Waals surface area contributed by atoms with Gasteiger partial charge < -0.3 is 20.3 Å². The quantitative estimate of drug-likeness (QED) is 0.655. The number of nitrogens with zero attached hydrogens (tertiary/aromatic N) is 2. The molecule has 2 aliphatic rings. The average Bonchev–Trinajstić information content (AvgIpc) is 2.99. The number of carbonyl (C=O) groups excluding carboxylic acids is 4. The first-order valence-electron chi connectivity index (χ1n) is 11.1. The van der Waals surface area contributed by atoms with Crippen LogP contribution >= 0.6 is 0 Å². The summed E-state index contributed by atoms with van der Waals surface area (Å²) in [6.07, 6.45) is 1.30. The summed E-state index contributed by atoms with van der Waals surface area (Å²) in [6.45, 7) is 6.72. The van der Waals surface area contributed by atoms with Gasteiger partial charge in [-0.15, -0.1) is 0 Å². The van der Waals surface area contributed by atoms with Gasteiger partial charge in [-0.3, -0.25) is 14.5 Å². The molecular weight excluding hydrogens is 412 g/mol. The number of ether oxygens (including phenoxy) is 1. The van der Waals surface area contributed by atoms with E-state index in [2.05, 4.69) is 10.6 Å². The number of likely N-dealkylation sites (tertiary alicyclic amines) is 1. The van der Waals surface area contributed by atoms with Crippen LogP contribution in [-0.4, -0.2) is 64.5 Å². The molecule has 0 bridgehead atoms. The van der Waals surface area contributed by atoms with Gasteiger partial charge in [-0.2, -0.15) is 0 Å². The van der Waals surface area contributed by atoms with Gasteiger partial charge in [0, 0.05) is 25.6 Å². The van der Waals surface area contributed by atoms with Crippen LogP contribution in [0.5, 0.6) is 0 Å². The van der Waals surface area contributed by atoms with Crippen LogP contribution in [0.15, 0.2) is 30.3 Å². The Morgan fingerprint density at radius 1 is 1.12 bits per heavy atom. The van der Waals surface area contributed by atoms with Crippen LogP contribution in [0.3, 0.4) is 0 Å². The summed E-state index contributed by atoms with van der Waals surface area (Å²) in [5.41, 5.74) is 0.320. The molecule has 174 valence electrons. The van der Waals surface area contributed by atoms with Gasteiger partial charge in [0.1, 0.15) is 11.6 Å². The standard InChI is InChI=1S/C23H32N4O5/c1-23(2,3)32-22(31)24-17-11-13-26(14-12-17)19(28)10-9-18-20(29)27(21(30)25-18)15-16-7-5-4-6-8-16/h4-8,17-18H,9-15H2,1-3H3,(H,24,31)(H,25,30)/t18-/m0/s1. The van der Waals surface area contributed by atoms with Crippen LogP contribution in [0.1, 0.15) is 52.0 Å². The van der Waals surface area contributed by atoms with Crippen LogP contribution in [0.2, 0.25) is 0 Å². The van der Waals surface area contributed by atoms with Crippen molar-refractivity contribution >= 4 is 23.9 Å². The third kappa shape index (κ3) is 6.45. The minimum Gasteiger partial charge on any atom is -0.444 e. The Hall–Kier alpha value is -3.10. The fourth-order valence-electron chi connectivity index (χ4n) is 3.86. The number of rotatable bonds is 6. The molecule has 1 atom stereocenters. The Labute approximate surface area is 188 Å². The largest absolute Gasteiger partial charge is 0.444 e. The molecule has 0 radical (unpaired) electrons. The molecule has 32 heavy (non-hydrogen) atoms. The number of amides is 5. The van der Waals surface area contributed by atoms with E-state index in [1.165, 1.54) is 4.90 Å². The normalized spacial score (nSPS) is 19.7. The molecule has 2 aliphatic heterocycles. The Kier molecular flexibility index (Phi) is 7.37. The molecule has 0 unspecified atom stereocenters. The first-order chi connectivity index (χ1) is 15.1. The molecule has 0 aromatic heterocycles. The molecule has 2 fully saturated rings. The highest BCUT2D eigenvalue weighted by molar-refractivity contribution is 6.04. The molecule has 2 heterocycles. The lowest BCUT2D eigenvalue weighted by atomic mass is 10.0. The first kappa shape index (κ1) is 23.6. The topological polar surface area (TPSA) is 108 Å². The summed E-state index contributed by atoms with van der Waals surface area (Å²) in [4.78, 5) is 52.3. The number of hydrogen-bond donors (Lipinski definition) is 2. The van der Waals surface area contributed by atoms with E-state index in [1.807, 2.05) is 51.1 Å². The number of piperidine rings is 1. The van der Waals surface area contributed by atoms with Gasteiger partial charge in [-0.25, -0.2) is 9.59 Å². The highest BCUT2D eigenvalue weighted by atomic mass is 16.6. The summed E-state index contributed by atoms with van der Waals surface area (Å²) >= 11 is 0. The van der Waals surface area contributed by atoms with Crippen LogP contribution in [-0.2, 0) is 20.9 Å². The second kappa shape index (κ2) is 10.0. The zero-order valence-corrected chi connectivity index (χ0v) is 18.9. The van der Waals surface area contributed by atoms with Gasteiger partial charge in [-0.05, 0) is 45.6 Å². The van der Waals surface area contributed by atoms with E-state index < -0.39 is 23.8 Å². The number of carbonyl (C=O) groups is 4. The highest BCUT2D eigenvalue weighted by Crippen LogP contribution is 2.18. The summed E-state index contributed by atoms with van der Waals surface area (Å²) in [7, 11) is 0. The van der Waals surface area contributed by atoms with Crippen molar-refractivity contribution in [3.63, 3.8) is 0 Å². The second-order valence-corrected chi connectivity index (χ2v) is 9.25. The van der Waals surface area contributed by atoms with E-state index in [4.69, 9.17) is 4.74 Å². The second-order valence-electron chi connectivity index (χ2n) is 9.25. The lowest BCUT2D eigenvalue weighted by Crippen LogP contribution is -2.47. The number of alkyl carbamates (subject to hydrolysis) is 1. The van der Waals surface area contributed by atoms with E-state index in [9.17, 15) is 19.2 Å². The molecule has 0 aliphatic carbocycles. The Morgan fingerprint density at radius 2 is 1.78 bits per heavy atom. The van der Waals surface area contributed by atoms with E-state index in [0.717, 1.165) is 5.56 Å². The zero-order valence-electron chi connectivity index (χ0n) is 18.9. The molecule has 5 amide bonds. The van der Waals surface area contributed by atoms with Crippen LogP contribution in [0, 0.1) is 0 Å². The molecule has 0 spiro atoms. The van der Waals surface area contributed by atoms with Crippen LogP contribution in [0.25, 0.3) is 0 Å². The Bertz CT molecular complexity index is 844. The fourth-order valence-corrected chi connectivity index (χ4v) is 3.86. The summed E-state index contributed by atoms with van der Waals surface area (Å²) in [5.74, 6) is -0.351. The van der Waals surface area contributed by atoms with Gasteiger partial charge in [0.05, 0.1) is 6.54 Å². The number of urea groups is 1. The van der Waals surface area contributed by atoms with Gasteiger partial charge in [0.2, 0.25) is 5.91 Å². The SMILES string of the molecule is CC(C)(C)OC(=O)NC1CCN(C(=O)CC[C@@H]2NC(=O)N(Cc3ccccc3)C2=O)CC1. The summed E-state index contributed by atoms with van der Waals surface area (Å²) in [5, 5.41) is 5.54. The Morgan fingerprint density at radius 3 is 2.41 bits per heavy atom. The number of nitrogens with one attached hydrogen (secondary N) is 2. The van der Waals surface area contributed by atoms with Crippen LogP contribution in [0.4, 0.5) is 9.59 Å². The molecule has 2 N–H and O–H groups in total. The lowest BCUT2D eigenvalue weighted by Gasteiger charge is -2.33. The van der Waals surface area contributed by atoms with Crippen molar-refractivity contribution in [2.24, 2.45) is 0 Å². The van der Waals surface area contributed by atoms with Crippen molar-refractivity contribution in [1.29, 1.82) is 0 Å². The fraction of sp³-hybridized carbons (Fsp3) is 0.565. The van der Waals surface area contributed by atoms with E-state index in [-0.39, 0.29) is 37.2 Å². The minimum atomic E-state index is -0.679. The van der Waals surface area contributed by atoms with Crippen molar-refractivity contribution in [3.8, 4) is 0 Å². The molecule has 9 nitrogen and oxygen atoms in total. The monoisotopic (exact) mass is 444 g/mol. The smallest absolute Gasteiger partial charge is 0.407 e. The van der Waals surface area contributed by atoms with Crippen molar-refractivity contribution in [3.05, 3.63) is 35.9 Å². The Balaban J connectivity index is 1.41. The molecule has 1 aromatic rings. The van der Waals surface area contributed by atoms with Gasteiger partial charge in [0.15, 0.2) is 0 Å². The van der Waals surface area contributed by atoms with Gasteiger partial charge in [-0.1, -0.05) is 30.3 Å². The maximum atomic E-state index is 12.6. The van der Waals surface area contributed by atoms with Crippen molar-refractivity contribution in [2.45, 2.75) is 70.7 Å². The average molecular weight is 445 g/mol. The molecule has 9 heteroatoms. The molecule has 1 aromatic carbocycles. The zero-order chi connectivity index (χ0) is 23.3. The summed E-state index contributed by atoms with van der Waals surface area (Å²) in [6, 6.07) is 8.17. The van der Waals surface area contributed by atoms with E-state index in [0.29, 0.717) is 25.9 Å². The maximum absolute atomic E-state index is 12.6. The van der Waals surface area contributed by atoms with Gasteiger partial charge in [0.25, 0.3) is 5.91 Å². The lowest BCUT2D eigenvalue weighted by molar-refractivity contribution is -0.132. The summed E-state index contributed by atoms with van der Waals surface area (Å²) < 4.78 is 5.27. The predicted molar refractivity (Wildman–Crippen MR) is 118 cm³/mol. The number of hydrogen-bond acceptors (Lipinski definition) is 5. The highest BCUT2D eigenvalue weighted by Gasteiger charge is 2.38. The molecule has 3 rings (SSSR count). The number of benzene rings is 1. The third-order valence-electron chi connectivity index (χ3n) is 5.51. The predicted octanol–water partition coefficient (Wildman–Crippen LogP) is 2.40. The van der Waals surface area contributed by atoms with Gasteiger partial charge >= 0.3 is 12.1 Å². The first-order valence-corrected chi connectivity index (χ1v) is 11.1. The minimum absolute atomic E-state index is 0.0313. The van der Waals surface area contributed by atoms with E-state index in [1.54, 1.807) is 4.90 Å². The molecule has 2 saturated heterocycles. The molecule has 0 saturated carbocycles. The molecular formula is C23H32N4O5.